The first-order valence-corrected chi connectivity index (χ1v) is 21.3. The molecule has 0 aromatic rings. The van der Waals surface area contributed by atoms with Crippen molar-refractivity contribution in [2.45, 2.75) is 187 Å². The van der Waals surface area contributed by atoms with Crippen molar-refractivity contribution in [2.24, 2.45) is 5.92 Å². The third-order valence-corrected chi connectivity index (χ3v) is 9.03. The molecule has 10 nitrogen and oxygen atoms in total. The molecule has 4 N–H and O–H groups in total. The molecule has 0 amide bonds. The van der Waals surface area contributed by atoms with Crippen molar-refractivity contribution in [3.63, 3.8) is 0 Å². The Bertz CT molecular complexity index is 974. The number of ether oxygens (including phenoxy) is 2. The summed E-state index contributed by atoms with van der Waals surface area (Å²) >= 11 is 0. The summed E-state index contributed by atoms with van der Waals surface area (Å²) in [6, 6.07) is 0. The zero-order chi connectivity index (χ0) is 38.0. The van der Waals surface area contributed by atoms with Gasteiger partial charge < -0.3 is 29.5 Å². The quantitative estimate of drug-likeness (QED) is 0.0213. The number of aliphatic hydroxyl groups excluding tert-OH is 2. The molecule has 298 valence electrons. The van der Waals surface area contributed by atoms with Gasteiger partial charge in [-0.05, 0) is 57.3 Å². The number of hydrogen-bond acceptors (Lipinski definition) is 8. The summed E-state index contributed by atoms with van der Waals surface area (Å²) in [6.07, 6.45) is 30.5. The first-order valence-electron chi connectivity index (χ1n) is 19.8. The molecule has 0 bridgehead atoms. The van der Waals surface area contributed by atoms with Gasteiger partial charge in [0.15, 0.2) is 6.10 Å². The normalized spacial score (nSPS) is 14.2. The average Bonchev–Trinajstić information content (AvgIpc) is 3.07. The Morgan fingerprint density at radius 2 is 1.18 bits per heavy atom. The van der Waals surface area contributed by atoms with Crippen molar-refractivity contribution < 1.29 is 48.2 Å². The smallest absolute Gasteiger partial charge is 0.462 e. The van der Waals surface area contributed by atoms with Crippen LogP contribution in [-0.4, -0.2) is 63.5 Å². The lowest BCUT2D eigenvalue weighted by atomic mass is 10.0. The molecule has 2 unspecified atom stereocenters. The van der Waals surface area contributed by atoms with Crippen LogP contribution in [0.25, 0.3) is 0 Å². The number of carbonyl (C=O) groups is 2. The van der Waals surface area contributed by atoms with Crippen LogP contribution in [0.1, 0.15) is 168 Å². The Balaban J connectivity index is 4.21. The van der Waals surface area contributed by atoms with Crippen molar-refractivity contribution in [1.82, 2.24) is 0 Å². The second-order valence-electron chi connectivity index (χ2n) is 14.0. The second kappa shape index (κ2) is 34.0. The minimum atomic E-state index is -4.83. The number of carbonyl (C=O) groups excluding carboxylic acids is 2. The molecule has 0 aromatic heterocycles. The fourth-order valence-electron chi connectivity index (χ4n) is 5.42. The maximum absolute atomic E-state index is 12.4. The minimum absolute atomic E-state index is 0.101. The summed E-state index contributed by atoms with van der Waals surface area (Å²) in [5, 5.41) is 20.5. The van der Waals surface area contributed by atoms with Gasteiger partial charge in [-0.15, -0.1) is 0 Å². The molecular weight excluding hydrogens is 671 g/mol. The third kappa shape index (κ3) is 36.3. The fourth-order valence-corrected chi connectivity index (χ4v) is 5.79. The second-order valence-corrected chi connectivity index (χ2v) is 15.3. The van der Waals surface area contributed by atoms with E-state index in [4.69, 9.17) is 19.3 Å². The molecule has 0 saturated carbocycles. The molecule has 0 aliphatic heterocycles. The largest absolute Gasteiger partial charge is 0.469 e. The zero-order valence-corrected chi connectivity index (χ0v) is 33.0. The molecule has 0 aliphatic rings. The monoisotopic (exact) mass is 744 g/mol. The highest BCUT2D eigenvalue weighted by Crippen LogP contribution is 2.36. The summed E-state index contributed by atoms with van der Waals surface area (Å²) < 4.78 is 26.2. The number of aliphatic hydroxyl groups is 2. The molecule has 0 heterocycles. The minimum Gasteiger partial charge on any atom is -0.462 e. The van der Waals surface area contributed by atoms with Gasteiger partial charge in [-0.2, -0.15) is 0 Å². The lowest BCUT2D eigenvalue weighted by Gasteiger charge is -2.19. The molecule has 0 saturated heterocycles. The number of rotatable bonds is 35. The van der Waals surface area contributed by atoms with E-state index in [1.807, 2.05) is 12.2 Å². The zero-order valence-electron chi connectivity index (χ0n) is 32.1. The summed E-state index contributed by atoms with van der Waals surface area (Å²) in [7, 11) is -4.83. The number of hydrogen-bond donors (Lipinski definition) is 4. The first kappa shape index (κ1) is 49.2. The van der Waals surface area contributed by atoms with Crippen LogP contribution in [0.2, 0.25) is 0 Å². The van der Waals surface area contributed by atoms with Crippen molar-refractivity contribution in [1.29, 1.82) is 0 Å². The lowest BCUT2D eigenvalue weighted by Crippen LogP contribution is -2.30. The average molecular weight is 745 g/mol. The highest BCUT2D eigenvalue weighted by atomic mass is 31.2. The molecule has 0 fully saturated rings. The van der Waals surface area contributed by atoms with Gasteiger partial charge >= 0.3 is 19.8 Å². The third-order valence-electron chi connectivity index (χ3n) is 8.54. The molecule has 0 rings (SSSR count). The van der Waals surface area contributed by atoms with E-state index in [1.165, 1.54) is 70.6 Å². The van der Waals surface area contributed by atoms with Crippen LogP contribution in [0.5, 0.6) is 0 Å². The number of esters is 2. The predicted molar refractivity (Wildman–Crippen MR) is 205 cm³/mol. The van der Waals surface area contributed by atoms with Gasteiger partial charge in [0.2, 0.25) is 0 Å². The lowest BCUT2D eigenvalue weighted by molar-refractivity contribution is -0.161. The number of allylic oxidation sites excluding steroid dienone is 5. The number of phosphoric ester groups is 1. The number of unbranched alkanes of at least 4 members (excludes halogenated alkanes) is 13. The highest BCUT2D eigenvalue weighted by molar-refractivity contribution is 7.46. The van der Waals surface area contributed by atoms with Gasteiger partial charge in [-0.3, -0.25) is 14.1 Å². The van der Waals surface area contributed by atoms with Gasteiger partial charge in [0, 0.05) is 12.8 Å². The van der Waals surface area contributed by atoms with E-state index < -0.39 is 44.7 Å². The maximum Gasteiger partial charge on any atom is 0.469 e. The Hall–Kier alpha value is -1.81. The van der Waals surface area contributed by atoms with Gasteiger partial charge in [-0.25, -0.2) is 4.57 Å². The van der Waals surface area contributed by atoms with E-state index in [0.29, 0.717) is 6.42 Å². The van der Waals surface area contributed by atoms with Crippen LogP contribution in [-0.2, 0) is 28.2 Å². The van der Waals surface area contributed by atoms with E-state index >= 15 is 0 Å². The van der Waals surface area contributed by atoms with E-state index in [1.54, 1.807) is 0 Å². The Morgan fingerprint density at radius 3 is 1.76 bits per heavy atom. The van der Waals surface area contributed by atoms with E-state index in [9.17, 15) is 24.4 Å². The van der Waals surface area contributed by atoms with Crippen LogP contribution in [0.3, 0.4) is 0 Å². The SMILES string of the molecule is CCCCC/C=C\C/C=C\C/C=C\CC(O)C(O)CCCC(=O)O[C@H](COC(=O)CCCCCCCCCCCCCC(C)C)COP(=O)(O)O. The molecule has 0 spiro atoms. The van der Waals surface area contributed by atoms with Crippen LogP contribution in [0.4, 0.5) is 0 Å². The van der Waals surface area contributed by atoms with E-state index in [0.717, 1.165) is 44.4 Å². The molecule has 0 aliphatic carbocycles. The Morgan fingerprint density at radius 1 is 0.627 bits per heavy atom. The summed E-state index contributed by atoms with van der Waals surface area (Å²) in [5.41, 5.74) is 0. The van der Waals surface area contributed by atoms with Crippen molar-refractivity contribution in [3.05, 3.63) is 36.5 Å². The molecule has 0 radical (unpaired) electrons. The molecule has 0 aromatic carbocycles. The summed E-state index contributed by atoms with van der Waals surface area (Å²) in [5.74, 6) is -0.374. The van der Waals surface area contributed by atoms with Crippen LogP contribution in [0.15, 0.2) is 36.5 Å². The summed E-state index contributed by atoms with van der Waals surface area (Å²) in [6.45, 7) is 5.71. The number of phosphoric acid groups is 1. The predicted octanol–water partition coefficient (Wildman–Crippen LogP) is 9.59. The van der Waals surface area contributed by atoms with Gasteiger partial charge in [0.05, 0.1) is 18.8 Å². The van der Waals surface area contributed by atoms with Crippen LogP contribution < -0.4 is 0 Å². The van der Waals surface area contributed by atoms with Gasteiger partial charge in [0.1, 0.15) is 6.61 Å². The van der Waals surface area contributed by atoms with Crippen molar-refractivity contribution in [3.8, 4) is 0 Å². The molecule has 51 heavy (non-hydrogen) atoms. The first-order chi connectivity index (χ1) is 24.4. The van der Waals surface area contributed by atoms with Crippen molar-refractivity contribution >= 4 is 19.8 Å². The van der Waals surface area contributed by atoms with E-state index in [2.05, 4.69) is 49.6 Å². The molecule has 11 heteroatoms. The van der Waals surface area contributed by atoms with Gasteiger partial charge in [-0.1, -0.05) is 141 Å². The standard InChI is InChI=1S/C40H73O10P/c1-4-5-6-7-8-9-10-13-16-19-22-25-29-37(41)38(42)30-27-32-40(44)50-36(34-49-51(45,46)47)33-48-39(43)31-26-23-20-17-14-11-12-15-18-21-24-28-35(2)3/h8-9,13,16,22,25,35-38,41-42H,4-7,10-12,14-15,17-21,23-24,26-34H2,1-3H3,(H2,45,46,47)/b9-8-,16-13-,25-22-/t36-,37?,38?/m1/s1. The van der Waals surface area contributed by atoms with Crippen molar-refractivity contribution in [2.75, 3.05) is 13.2 Å². The van der Waals surface area contributed by atoms with Gasteiger partial charge in [0.25, 0.3) is 0 Å². The Kier molecular flexibility index (Phi) is 32.8. The maximum atomic E-state index is 12.4. The van der Waals surface area contributed by atoms with Crippen LogP contribution >= 0.6 is 7.82 Å². The van der Waals surface area contributed by atoms with Crippen LogP contribution in [0, 0.1) is 5.92 Å². The molecule has 3 atom stereocenters. The highest BCUT2D eigenvalue weighted by Gasteiger charge is 2.23. The topological polar surface area (TPSA) is 160 Å². The molecular formula is C40H73O10P. The fraction of sp³-hybridized carbons (Fsp3) is 0.800. The van der Waals surface area contributed by atoms with E-state index in [-0.39, 0.29) is 38.7 Å². The Labute approximate surface area is 309 Å². The summed E-state index contributed by atoms with van der Waals surface area (Å²) in [4.78, 5) is 42.8.